The van der Waals surface area contributed by atoms with E-state index in [4.69, 9.17) is 27.6 Å². The minimum atomic E-state index is -6.15. The van der Waals surface area contributed by atoms with E-state index >= 15 is 0 Å². The molecule has 2 N–H and O–H groups in total. The van der Waals surface area contributed by atoms with E-state index in [2.05, 4.69) is 26.4 Å². The number of aromatic nitrogens is 4. The number of nitrogens with two attached hydrogens (primary N) is 1. The molecule has 2 aromatic rings. The predicted octanol–water partition coefficient (Wildman–Crippen LogP) is 5.73. The molecule has 4 rings (SSSR count). The number of rotatable bonds is 7. The molecule has 4 atom stereocenters. The second-order valence-corrected chi connectivity index (χ2v) is 29.5. The molecule has 0 amide bonds. The van der Waals surface area contributed by atoms with Gasteiger partial charge in [-0.05, 0) is 28.1 Å². The fraction of sp³-hybridized carbons (Fsp3) is 0.750. The van der Waals surface area contributed by atoms with Crippen molar-refractivity contribution in [3.8, 4) is 11.5 Å². The van der Waals surface area contributed by atoms with Crippen molar-refractivity contribution in [2.24, 2.45) is 0 Å². The van der Waals surface area contributed by atoms with Gasteiger partial charge in [0.05, 0.1) is 6.61 Å². The minimum Gasteiger partial charge on any atom is -0.414 e. The zero-order valence-corrected chi connectivity index (χ0v) is 32.5. The van der Waals surface area contributed by atoms with Crippen LogP contribution in [-0.2, 0) is 32.0 Å². The highest BCUT2D eigenvalue weighted by Gasteiger charge is 2.64. The monoisotopic (exact) mass is 737 g/mol. The Morgan fingerprint density at radius 2 is 1.60 bits per heavy atom. The maximum Gasteiger partial charge on any atom is 0.523 e. The molecule has 19 heteroatoms. The molecule has 47 heavy (non-hydrogen) atoms. The minimum absolute atomic E-state index is 0.00197. The Bertz CT molecular complexity index is 1620. The standard InChI is InChI=1S/C28H46F3N5O7SSi3/c1-16(2)46(17(3)4)39-14-20-23(42-47(43-46,18(5)6)19(7)8)24(41-44(37,38)28(29,30)31)27(40-20)36-21(12-13-45(9,10)11)35-22-25(32)33-15-34-26(22)36/h15-20,23-24,27H,14H2,1-11H3,(H2,32,33,34)/t20-,23-,24-,27-/m1/s1. The highest BCUT2D eigenvalue weighted by Crippen LogP contribution is 2.50. The van der Waals surface area contributed by atoms with Gasteiger partial charge in [0, 0.05) is 0 Å². The molecule has 2 saturated heterocycles. The molecule has 0 radical (unpaired) electrons. The second-order valence-electron chi connectivity index (χ2n) is 14.3. The van der Waals surface area contributed by atoms with Gasteiger partial charge < -0.3 is 23.4 Å². The molecule has 0 saturated carbocycles. The van der Waals surface area contributed by atoms with E-state index in [0.29, 0.717) is 0 Å². The molecule has 0 aromatic carbocycles. The Balaban J connectivity index is 2.01. The number of ether oxygens (including phenoxy) is 1. The Kier molecular flexibility index (Phi) is 10.6. The van der Waals surface area contributed by atoms with Crippen LogP contribution in [0.4, 0.5) is 19.0 Å². The number of nitrogen functional groups attached to an aromatic ring is 1. The van der Waals surface area contributed by atoms with Gasteiger partial charge in [0.1, 0.15) is 26.6 Å². The molecule has 2 aliphatic rings. The first kappa shape index (κ1) is 37.9. The SMILES string of the molecule is CC(C)[Si]1(C(C)C)OC[C@H]2O[C@@H](n3c(C#C[Si](C)(C)C)nc4c(N)ncnc43)[C@H](OS(=O)(=O)C(F)(F)F)[C@@H]2O[Si](C(C)C)(C(C)C)O1. The summed E-state index contributed by atoms with van der Waals surface area (Å²) in [4.78, 5) is 12.8. The molecule has 2 fully saturated rings. The highest BCUT2D eigenvalue weighted by atomic mass is 32.2. The number of anilines is 1. The normalized spacial score (nSPS) is 25.2. The third-order valence-corrected chi connectivity index (χ3v) is 20.6. The summed E-state index contributed by atoms with van der Waals surface area (Å²) < 4.78 is 101. The third-order valence-electron chi connectivity index (χ3n) is 8.45. The number of nitrogens with zero attached hydrogens (tertiary/aromatic N) is 4. The summed E-state index contributed by atoms with van der Waals surface area (Å²) in [5, 5.41) is 0. The molecule has 0 aliphatic carbocycles. The molecule has 0 unspecified atom stereocenters. The first-order valence-electron chi connectivity index (χ1n) is 15.7. The predicted molar refractivity (Wildman–Crippen MR) is 178 cm³/mol. The van der Waals surface area contributed by atoms with Crippen LogP contribution in [0.2, 0.25) is 41.8 Å². The largest absolute Gasteiger partial charge is 0.523 e. The van der Waals surface area contributed by atoms with Gasteiger partial charge in [0.2, 0.25) is 0 Å². The van der Waals surface area contributed by atoms with Gasteiger partial charge in [-0.3, -0.25) is 8.75 Å². The molecular formula is C28H46F3N5O7SSi3. The van der Waals surface area contributed by atoms with Crippen molar-refractivity contribution in [1.82, 2.24) is 19.5 Å². The van der Waals surface area contributed by atoms with Gasteiger partial charge in [-0.15, -0.1) is 5.54 Å². The van der Waals surface area contributed by atoms with Crippen LogP contribution in [0, 0.1) is 11.5 Å². The number of hydrogen-bond donors (Lipinski definition) is 1. The van der Waals surface area contributed by atoms with Crippen molar-refractivity contribution in [2.45, 2.75) is 127 Å². The average Bonchev–Trinajstić information content (AvgIpc) is 3.43. The van der Waals surface area contributed by atoms with Crippen LogP contribution in [-0.4, -0.2) is 83.6 Å². The van der Waals surface area contributed by atoms with E-state index in [-0.39, 0.29) is 51.6 Å². The quantitative estimate of drug-likeness (QED) is 0.161. The molecule has 12 nitrogen and oxygen atoms in total. The van der Waals surface area contributed by atoms with Crippen molar-refractivity contribution >= 4 is 52.3 Å². The summed E-state index contributed by atoms with van der Waals surface area (Å²) in [5.74, 6) is 3.06. The zero-order valence-electron chi connectivity index (χ0n) is 28.7. The number of halogens is 3. The Morgan fingerprint density at radius 3 is 2.11 bits per heavy atom. The van der Waals surface area contributed by atoms with Crippen LogP contribution in [0.1, 0.15) is 67.4 Å². The van der Waals surface area contributed by atoms with Crippen LogP contribution in [0.15, 0.2) is 6.33 Å². The summed E-state index contributed by atoms with van der Waals surface area (Å²) in [6, 6.07) is 0. The van der Waals surface area contributed by atoms with E-state index in [1.807, 2.05) is 75.0 Å². The first-order chi connectivity index (χ1) is 21.5. The van der Waals surface area contributed by atoms with Crippen molar-refractivity contribution in [3.63, 3.8) is 0 Å². The summed E-state index contributed by atoms with van der Waals surface area (Å²) in [6.45, 7) is 21.7. The summed E-state index contributed by atoms with van der Waals surface area (Å²) in [5.41, 5.74) is 3.31. The van der Waals surface area contributed by atoms with Crippen molar-refractivity contribution in [2.75, 3.05) is 12.3 Å². The summed E-state index contributed by atoms with van der Waals surface area (Å²) in [6.07, 6.45) is -4.65. The molecule has 0 spiro atoms. The second kappa shape index (κ2) is 13.1. The lowest BCUT2D eigenvalue weighted by atomic mass is 10.1. The van der Waals surface area contributed by atoms with Crippen molar-refractivity contribution in [1.29, 1.82) is 0 Å². The lowest BCUT2D eigenvalue weighted by molar-refractivity contribution is -0.0695. The third kappa shape index (κ3) is 7.08. The Morgan fingerprint density at radius 1 is 1.02 bits per heavy atom. The number of alkyl halides is 3. The van der Waals surface area contributed by atoms with E-state index in [9.17, 15) is 21.6 Å². The van der Waals surface area contributed by atoms with Crippen LogP contribution in [0.25, 0.3) is 11.2 Å². The maximum absolute atomic E-state index is 13.9. The first-order valence-corrected chi connectivity index (χ1v) is 24.5. The van der Waals surface area contributed by atoms with Gasteiger partial charge in [0.15, 0.2) is 35.1 Å². The van der Waals surface area contributed by atoms with Gasteiger partial charge in [-0.2, -0.15) is 21.6 Å². The summed E-state index contributed by atoms with van der Waals surface area (Å²) in [7, 11) is -14.7. The van der Waals surface area contributed by atoms with Crippen molar-refractivity contribution < 1.29 is 43.5 Å². The maximum atomic E-state index is 13.9. The van der Waals surface area contributed by atoms with Crippen LogP contribution < -0.4 is 5.73 Å². The van der Waals surface area contributed by atoms with Gasteiger partial charge >= 0.3 is 32.7 Å². The van der Waals surface area contributed by atoms with E-state index < -0.39 is 65.4 Å². The molecule has 264 valence electrons. The van der Waals surface area contributed by atoms with Gasteiger partial charge in [-0.25, -0.2) is 15.0 Å². The molecule has 2 aliphatic heterocycles. The van der Waals surface area contributed by atoms with Crippen LogP contribution >= 0.6 is 0 Å². The van der Waals surface area contributed by atoms with Gasteiger partial charge in [0.25, 0.3) is 0 Å². The van der Waals surface area contributed by atoms with Crippen molar-refractivity contribution in [3.05, 3.63) is 12.2 Å². The Hall–Kier alpha value is -1.90. The molecule has 0 bridgehead atoms. The topological polar surface area (TPSA) is 150 Å². The molecular weight excluding hydrogens is 692 g/mol. The fourth-order valence-electron chi connectivity index (χ4n) is 6.13. The smallest absolute Gasteiger partial charge is 0.414 e. The number of fused-ring (bicyclic) bond motifs is 2. The fourth-order valence-corrected chi connectivity index (χ4v) is 18.4. The van der Waals surface area contributed by atoms with E-state index in [1.165, 1.54) is 10.9 Å². The molecule has 2 aromatic heterocycles. The summed E-state index contributed by atoms with van der Waals surface area (Å²) >= 11 is 0. The van der Waals surface area contributed by atoms with E-state index in [0.717, 1.165) is 0 Å². The molecule has 4 heterocycles. The van der Waals surface area contributed by atoms with Crippen LogP contribution in [0.3, 0.4) is 0 Å². The highest BCUT2D eigenvalue weighted by molar-refractivity contribution is 7.87. The van der Waals surface area contributed by atoms with Crippen LogP contribution in [0.5, 0.6) is 0 Å². The van der Waals surface area contributed by atoms with Gasteiger partial charge in [-0.1, -0.05) is 75.0 Å². The van der Waals surface area contributed by atoms with E-state index in [1.54, 1.807) is 0 Å². The Labute approximate surface area is 277 Å². The lowest BCUT2D eigenvalue weighted by Crippen LogP contribution is -2.66. The number of hydrogen-bond acceptors (Lipinski definition) is 11. The average molecular weight is 738 g/mol. The number of imidazole rings is 1. The lowest BCUT2D eigenvalue weighted by Gasteiger charge is -2.51. The zero-order chi connectivity index (χ0) is 35.5.